The number of halogens is 1. The van der Waals surface area contributed by atoms with Gasteiger partial charge in [0.15, 0.2) is 5.78 Å². The van der Waals surface area contributed by atoms with Crippen LogP contribution in [-0.4, -0.2) is 45.8 Å². The van der Waals surface area contributed by atoms with E-state index in [0.717, 1.165) is 5.56 Å². The number of hydrazone groups is 1. The number of benzene rings is 2. The molecule has 0 saturated carbocycles. The number of fused-ring (bicyclic) bond motifs is 3. The van der Waals surface area contributed by atoms with Crippen LogP contribution >= 0.6 is 0 Å². The van der Waals surface area contributed by atoms with Crippen molar-refractivity contribution in [2.24, 2.45) is 16.9 Å². The van der Waals surface area contributed by atoms with Gasteiger partial charge in [0.1, 0.15) is 11.9 Å². The van der Waals surface area contributed by atoms with Crippen molar-refractivity contribution in [3.05, 3.63) is 83.7 Å². The summed E-state index contributed by atoms with van der Waals surface area (Å²) in [7, 11) is 0. The van der Waals surface area contributed by atoms with Gasteiger partial charge in [-0.1, -0.05) is 36.4 Å². The number of rotatable bonds is 4. The predicted octanol–water partition coefficient (Wildman–Crippen LogP) is 2.42. The molecular formula is C23H18FN3O3. The lowest BCUT2D eigenvalue weighted by molar-refractivity contribution is -0.142. The minimum Gasteiger partial charge on any atom is -0.292 e. The van der Waals surface area contributed by atoms with Crippen molar-refractivity contribution in [2.45, 2.75) is 18.6 Å². The first-order valence-electron chi connectivity index (χ1n) is 9.74. The summed E-state index contributed by atoms with van der Waals surface area (Å²) in [6.07, 6.45) is 5.07. The predicted molar refractivity (Wildman–Crippen MR) is 107 cm³/mol. The van der Waals surface area contributed by atoms with Gasteiger partial charge in [0.2, 0.25) is 11.8 Å². The second-order valence-electron chi connectivity index (χ2n) is 7.64. The molecule has 0 bridgehead atoms. The van der Waals surface area contributed by atoms with Gasteiger partial charge < -0.3 is 0 Å². The van der Waals surface area contributed by atoms with Gasteiger partial charge in [0.05, 0.1) is 24.4 Å². The molecule has 2 fully saturated rings. The van der Waals surface area contributed by atoms with Crippen LogP contribution in [-0.2, 0) is 16.1 Å². The Morgan fingerprint density at radius 3 is 2.40 bits per heavy atom. The maximum Gasteiger partial charge on any atom is 0.236 e. The fraction of sp³-hybridized carbons (Fsp3) is 0.217. The highest BCUT2D eigenvalue weighted by Crippen LogP contribution is 2.45. The van der Waals surface area contributed by atoms with Gasteiger partial charge in [-0.2, -0.15) is 5.10 Å². The third kappa shape index (κ3) is 2.77. The Labute approximate surface area is 172 Å². The molecule has 2 amide bonds. The SMILES string of the molecule is O=C(c1ccc(F)cc1)[C@@H]1[C@@H]2C(=O)N(Cc3ccccc3)C(=O)[C@@H]2[C@H]2C=CC=NN21. The second kappa shape index (κ2) is 7.02. The van der Waals surface area contributed by atoms with Crippen molar-refractivity contribution < 1.29 is 18.8 Å². The quantitative estimate of drug-likeness (QED) is 0.581. The summed E-state index contributed by atoms with van der Waals surface area (Å²) in [4.78, 5) is 41.2. The number of nitrogens with zero attached hydrogens (tertiary/aromatic N) is 3. The van der Waals surface area contributed by atoms with Crippen LogP contribution in [0.2, 0.25) is 0 Å². The number of imide groups is 1. The summed E-state index contributed by atoms with van der Waals surface area (Å²) in [6.45, 7) is 0.169. The molecular weight excluding hydrogens is 385 g/mol. The number of ketones is 1. The molecule has 150 valence electrons. The molecule has 0 unspecified atom stereocenters. The van der Waals surface area contributed by atoms with E-state index in [2.05, 4.69) is 5.10 Å². The summed E-state index contributed by atoms with van der Waals surface area (Å²) in [5.41, 5.74) is 1.13. The molecule has 3 aliphatic heterocycles. The van der Waals surface area contributed by atoms with E-state index in [9.17, 15) is 18.8 Å². The smallest absolute Gasteiger partial charge is 0.236 e. The number of hydrogen-bond acceptors (Lipinski definition) is 5. The van der Waals surface area contributed by atoms with Gasteiger partial charge in [-0.15, -0.1) is 0 Å². The number of Topliss-reactive ketones (excluding diaryl/α,β-unsaturated/α-hetero) is 1. The zero-order chi connectivity index (χ0) is 20.8. The minimum absolute atomic E-state index is 0.169. The molecule has 0 aromatic heterocycles. The lowest BCUT2D eigenvalue weighted by Crippen LogP contribution is -2.45. The molecule has 7 heteroatoms. The van der Waals surface area contributed by atoms with Crippen LogP contribution < -0.4 is 0 Å². The third-order valence-electron chi connectivity index (χ3n) is 5.96. The fourth-order valence-electron chi connectivity index (χ4n) is 4.61. The Morgan fingerprint density at radius 1 is 0.967 bits per heavy atom. The summed E-state index contributed by atoms with van der Waals surface area (Å²) in [5.74, 6) is -2.96. The van der Waals surface area contributed by atoms with Gasteiger partial charge in [-0.05, 0) is 35.9 Å². The second-order valence-corrected chi connectivity index (χ2v) is 7.64. The van der Waals surface area contributed by atoms with E-state index >= 15 is 0 Å². The molecule has 2 saturated heterocycles. The molecule has 0 spiro atoms. The molecule has 5 rings (SSSR count). The van der Waals surface area contributed by atoms with Crippen LogP contribution in [0.5, 0.6) is 0 Å². The summed E-state index contributed by atoms with van der Waals surface area (Å²) in [6, 6.07) is 13.1. The molecule has 2 aromatic rings. The van der Waals surface area contributed by atoms with E-state index in [-0.39, 0.29) is 29.7 Å². The normalized spacial score (nSPS) is 26.8. The van der Waals surface area contributed by atoms with Gasteiger partial charge >= 0.3 is 0 Å². The van der Waals surface area contributed by atoms with E-state index in [0.29, 0.717) is 0 Å². The van der Waals surface area contributed by atoms with Crippen molar-refractivity contribution in [1.82, 2.24) is 9.91 Å². The van der Waals surface area contributed by atoms with Crippen LogP contribution in [0.25, 0.3) is 0 Å². The van der Waals surface area contributed by atoms with Crippen molar-refractivity contribution in [1.29, 1.82) is 0 Å². The largest absolute Gasteiger partial charge is 0.292 e. The molecule has 4 atom stereocenters. The molecule has 30 heavy (non-hydrogen) atoms. The Morgan fingerprint density at radius 2 is 1.67 bits per heavy atom. The van der Waals surface area contributed by atoms with Crippen molar-refractivity contribution in [3.8, 4) is 0 Å². The van der Waals surface area contributed by atoms with E-state index in [1.807, 2.05) is 30.3 Å². The standard InChI is InChI=1S/C23H18FN3O3/c24-16-10-8-15(9-11-16)21(28)20-19-18(17-7-4-12-25-27(17)20)22(29)26(23(19)30)13-14-5-2-1-3-6-14/h1-12,17-20H,13H2/t17-,18-,19-,20+/m1/s1. The average Bonchev–Trinajstić information content (AvgIpc) is 3.23. The number of carbonyl (C=O) groups excluding carboxylic acids is 3. The van der Waals surface area contributed by atoms with Gasteiger partial charge in [-0.3, -0.25) is 24.3 Å². The molecule has 2 aromatic carbocycles. The Hall–Kier alpha value is -3.61. The lowest BCUT2D eigenvalue weighted by Gasteiger charge is -2.30. The topological polar surface area (TPSA) is 70.0 Å². The third-order valence-corrected chi connectivity index (χ3v) is 5.96. The maximum absolute atomic E-state index is 13.3. The van der Waals surface area contributed by atoms with Crippen molar-refractivity contribution >= 4 is 23.8 Å². The number of carbonyl (C=O) groups is 3. The van der Waals surface area contributed by atoms with Gasteiger partial charge in [0.25, 0.3) is 0 Å². The Kier molecular flexibility index (Phi) is 4.31. The summed E-state index contributed by atoms with van der Waals surface area (Å²) >= 11 is 0. The zero-order valence-electron chi connectivity index (χ0n) is 15.9. The highest BCUT2D eigenvalue weighted by molar-refractivity contribution is 6.11. The number of likely N-dealkylation sites (tertiary alicyclic amines) is 1. The van der Waals surface area contributed by atoms with Gasteiger partial charge in [-0.25, -0.2) is 4.39 Å². The highest BCUT2D eigenvalue weighted by atomic mass is 19.1. The van der Waals surface area contributed by atoms with Crippen molar-refractivity contribution in [3.63, 3.8) is 0 Å². The first-order chi connectivity index (χ1) is 14.6. The Balaban J connectivity index is 1.52. The number of amides is 2. The molecule has 0 radical (unpaired) electrons. The van der Waals surface area contributed by atoms with E-state index in [4.69, 9.17) is 0 Å². The van der Waals surface area contributed by atoms with Crippen LogP contribution in [0.3, 0.4) is 0 Å². The van der Waals surface area contributed by atoms with E-state index in [1.165, 1.54) is 29.2 Å². The van der Waals surface area contributed by atoms with Gasteiger partial charge in [0, 0.05) is 11.8 Å². The van der Waals surface area contributed by atoms with Crippen LogP contribution in [0.1, 0.15) is 15.9 Å². The summed E-state index contributed by atoms with van der Waals surface area (Å²) in [5, 5.41) is 5.85. The molecule has 3 aliphatic rings. The van der Waals surface area contributed by atoms with E-state index < -0.39 is 29.7 Å². The average molecular weight is 403 g/mol. The first kappa shape index (κ1) is 18.4. The number of hydrogen-bond donors (Lipinski definition) is 0. The van der Waals surface area contributed by atoms with Crippen LogP contribution in [0.4, 0.5) is 4.39 Å². The summed E-state index contributed by atoms with van der Waals surface area (Å²) < 4.78 is 13.3. The monoisotopic (exact) mass is 403 g/mol. The zero-order valence-corrected chi connectivity index (χ0v) is 15.9. The van der Waals surface area contributed by atoms with E-state index in [1.54, 1.807) is 23.4 Å². The first-order valence-corrected chi connectivity index (χ1v) is 9.74. The minimum atomic E-state index is -0.913. The molecule has 3 heterocycles. The van der Waals surface area contributed by atoms with Crippen LogP contribution in [0, 0.1) is 17.7 Å². The molecule has 0 aliphatic carbocycles. The van der Waals surface area contributed by atoms with Crippen molar-refractivity contribution in [2.75, 3.05) is 0 Å². The van der Waals surface area contributed by atoms with Crippen LogP contribution in [0.15, 0.2) is 71.9 Å². The molecule has 6 nitrogen and oxygen atoms in total. The number of allylic oxidation sites excluding steroid dienone is 1. The Bertz CT molecular complexity index is 1080. The highest BCUT2D eigenvalue weighted by Gasteiger charge is 2.63. The fourth-order valence-corrected chi connectivity index (χ4v) is 4.61. The maximum atomic E-state index is 13.3. The lowest BCUT2D eigenvalue weighted by atomic mass is 9.86. The molecule has 0 N–H and O–H groups in total.